The Bertz CT molecular complexity index is 1470. The van der Waals surface area contributed by atoms with Gasteiger partial charge in [-0.1, -0.05) is 81.4 Å². The molecule has 0 aromatic heterocycles. The minimum atomic E-state index is -0.317. The van der Waals surface area contributed by atoms with E-state index in [-0.39, 0.29) is 11.4 Å². The summed E-state index contributed by atoms with van der Waals surface area (Å²) >= 11 is 0. The largest absolute Gasteiger partial charge is 0.495 e. The molecule has 6 heteroatoms. The lowest BCUT2D eigenvalue weighted by atomic mass is 9.87. The molecule has 39 heavy (non-hydrogen) atoms. The van der Waals surface area contributed by atoms with E-state index in [0.29, 0.717) is 11.4 Å². The van der Waals surface area contributed by atoms with Crippen LogP contribution in [0.15, 0.2) is 78.9 Å². The Hall–Kier alpha value is -3.87. The number of morpholine rings is 1. The molecular weight excluding hydrogens is 486 g/mol. The number of methoxy groups -OCH3 is 1. The second kappa shape index (κ2) is 11.5. The van der Waals surface area contributed by atoms with Crippen LogP contribution in [0.2, 0.25) is 0 Å². The Kier molecular flexibility index (Phi) is 7.87. The van der Waals surface area contributed by atoms with Gasteiger partial charge in [-0.15, -0.1) is 0 Å². The van der Waals surface area contributed by atoms with Crippen LogP contribution in [0.4, 0.5) is 16.2 Å². The van der Waals surface area contributed by atoms with Crippen LogP contribution in [0.1, 0.15) is 31.9 Å². The Morgan fingerprint density at radius 1 is 0.846 bits per heavy atom. The van der Waals surface area contributed by atoms with Crippen molar-refractivity contribution < 1.29 is 14.3 Å². The molecule has 0 aliphatic carbocycles. The van der Waals surface area contributed by atoms with E-state index < -0.39 is 0 Å². The number of fused-ring (bicyclic) bond motifs is 1. The number of benzene rings is 4. The Morgan fingerprint density at radius 3 is 2.26 bits per heavy atom. The van der Waals surface area contributed by atoms with Crippen LogP contribution in [0.5, 0.6) is 5.75 Å². The summed E-state index contributed by atoms with van der Waals surface area (Å²) in [5.74, 6) is 0.634. The van der Waals surface area contributed by atoms with E-state index in [1.807, 2.05) is 36.4 Å². The summed E-state index contributed by atoms with van der Waals surface area (Å²) in [4.78, 5) is 15.6. The number of nitrogens with one attached hydrogen (secondary N) is 2. The SMILES string of the molecule is COc1cc(C(C)(C)C)ccc1NC(=O)Nc1ccc(-c2ccccc2CN2CCOCC2)c2ccccc12. The Labute approximate surface area is 230 Å². The molecule has 0 saturated carbocycles. The molecule has 0 bridgehead atoms. The molecule has 6 nitrogen and oxygen atoms in total. The minimum Gasteiger partial charge on any atom is -0.495 e. The summed E-state index contributed by atoms with van der Waals surface area (Å²) in [6, 6.07) is 26.5. The third-order valence-corrected chi connectivity index (χ3v) is 7.29. The van der Waals surface area contributed by atoms with E-state index in [4.69, 9.17) is 9.47 Å². The first-order valence-electron chi connectivity index (χ1n) is 13.5. The highest BCUT2D eigenvalue weighted by molar-refractivity contribution is 6.10. The summed E-state index contributed by atoms with van der Waals surface area (Å²) in [7, 11) is 1.62. The maximum absolute atomic E-state index is 13.1. The van der Waals surface area contributed by atoms with Crippen molar-refractivity contribution in [2.45, 2.75) is 32.7 Å². The number of carbonyl (C=O) groups is 1. The number of anilines is 2. The lowest BCUT2D eigenvalue weighted by molar-refractivity contribution is 0.0342. The van der Waals surface area contributed by atoms with Crippen LogP contribution in [0.3, 0.4) is 0 Å². The number of amides is 2. The van der Waals surface area contributed by atoms with Gasteiger partial charge < -0.3 is 20.1 Å². The van der Waals surface area contributed by atoms with Crippen molar-refractivity contribution in [3.63, 3.8) is 0 Å². The number of rotatable bonds is 6. The van der Waals surface area contributed by atoms with E-state index >= 15 is 0 Å². The van der Waals surface area contributed by atoms with Gasteiger partial charge in [-0.25, -0.2) is 4.79 Å². The maximum Gasteiger partial charge on any atom is 0.323 e. The summed E-state index contributed by atoms with van der Waals surface area (Å²) < 4.78 is 11.1. The fourth-order valence-corrected chi connectivity index (χ4v) is 5.10. The van der Waals surface area contributed by atoms with E-state index in [1.165, 1.54) is 11.1 Å². The van der Waals surface area contributed by atoms with Gasteiger partial charge in [-0.3, -0.25) is 4.90 Å². The van der Waals surface area contributed by atoms with Gasteiger partial charge in [0.05, 0.1) is 31.7 Å². The fraction of sp³-hybridized carbons (Fsp3) is 0.303. The molecule has 4 aromatic rings. The van der Waals surface area contributed by atoms with Crippen LogP contribution >= 0.6 is 0 Å². The molecule has 5 rings (SSSR count). The van der Waals surface area contributed by atoms with Crippen LogP contribution in [0.25, 0.3) is 21.9 Å². The van der Waals surface area contributed by atoms with Crippen molar-refractivity contribution in [3.05, 3.63) is 90.0 Å². The van der Waals surface area contributed by atoms with Gasteiger partial charge in [0, 0.05) is 25.0 Å². The Balaban J connectivity index is 1.41. The van der Waals surface area contributed by atoms with E-state index in [0.717, 1.165) is 60.4 Å². The molecule has 1 aliphatic rings. The second-order valence-corrected chi connectivity index (χ2v) is 11.0. The van der Waals surface area contributed by atoms with Crippen LogP contribution in [-0.4, -0.2) is 44.3 Å². The van der Waals surface area contributed by atoms with Crippen LogP contribution in [-0.2, 0) is 16.7 Å². The molecule has 1 heterocycles. The molecule has 2 amide bonds. The number of ether oxygens (including phenoxy) is 2. The second-order valence-electron chi connectivity index (χ2n) is 11.0. The quantitative estimate of drug-likeness (QED) is 0.279. The van der Waals surface area contributed by atoms with Gasteiger partial charge in [0.25, 0.3) is 0 Å². The minimum absolute atomic E-state index is 0.0183. The van der Waals surface area contributed by atoms with Crippen molar-refractivity contribution in [1.29, 1.82) is 0 Å². The third-order valence-electron chi connectivity index (χ3n) is 7.29. The first kappa shape index (κ1) is 26.7. The molecule has 0 spiro atoms. The predicted octanol–water partition coefficient (Wildman–Crippen LogP) is 7.29. The number of carbonyl (C=O) groups excluding carboxylic acids is 1. The normalized spacial score (nSPS) is 14.3. The van der Waals surface area contributed by atoms with E-state index in [9.17, 15) is 4.79 Å². The molecule has 0 radical (unpaired) electrons. The molecule has 2 N–H and O–H groups in total. The van der Waals surface area contributed by atoms with Crippen molar-refractivity contribution in [1.82, 2.24) is 4.90 Å². The molecular formula is C33H37N3O3. The molecule has 0 unspecified atom stereocenters. The molecule has 1 saturated heterocycles. The van der Waals surface area contributed by atoms with Gasteiger partial charge >= 0.3 is 6.03 Å². The molecule has 1 fully saturated rings. The van der Waals surface area contributed by atoms with Crippen molar-refractivity contribution in [3.8, 4) is 16.9 Å². The summed E-state index contributed by atoms with van der Waals surface area (Å²) in [5.41, 5.74) is 6.15. The van der Waals surface area contributed by atoms with Crippen molar-refractivity contribution in [2.75, 3.05) is 44.0 Å². The van der Waals surface area contributed by atoms with Crippen LogP contribution < -0.4 is 15.4 Å². The summed E-state index contributed by atoms with van der Waals surface area (Å²) in [5, 5.41) is 8.11. The number of hydrogen-bond donors (Lipinski definition) is 2. The average molecular weight is 524 g/mol. The standard InChI is InChI=1S/C33H37N3O3/c1-33(2,3)24-13-15-30(31(21-24)38-4)35-32(37)34-29-16-14-27(26-11-7-8-12-28(26)29)25-10-6-5-9-23(25)22-36-17-19-39-20-18-36/h5-16,21H,17-20,22H2,1-4H3,(H2,34,35,37). The van der Waals surface area contributed by atoms with Crippen molar-refractivity contribution >= 4 is 28.2 Å². The first-order chi connectivity index (χ1) is 18.8. The average Bonchev–Trinajstić information content (AvgIpc) is 2.94. The zero-order chi connectivity index (χ0) is 27.4. The highest BCUT2D eigenvalue weighted by Crippen LogP contribution is 2.36. The lowest BCUT2D eigenvalue weighted by Crippen LogP contribution is -2.35. The highest BCUT2D eigenvalue weighted by Gasteiger charge is 2.18. The van der Waals surface area contributed by atoms with Gasteiger partial charge in [-0.05, 0) is 51.3 Å². The number of urea groups is 1. The van der Waals surface area contributed by atoms with Gasteiger partial charge in [0.1, 0.15) is 5.75 Å². The van der Waals surface area contributed by atoms with Crippen LogP contribution in [0, 0.1) is 0 Å². The number of hydrogen-bond acceptors (Lipinski definition) is 4. The zero-order valence-corrected chi connectivity index (χ0v) is 23.2. The third kappa shape index (κ3) is 6.08. The Morgan fingerprint density at radius 2 is 1.51 bits per heavy atom. The topological polar surface area (TPSA) is 62.8 Å². The lowest BCUT2D eigenvalue weighted by Gasteiger charge is -2.27. The molecule has 202 valence electrons. The highest BCUT2D eigenvalue weighted by atomic mass is 16.5. The molecule has 0 atom stereocenters. The summed E-state index contributed by atoms with van der Waals surface area (Å²) in [6.07, 6.45) is 0. The smallest absolute Gasteiger partial charge is 0.323 e. The van der Waals surface area contributed by atoms with Gasteiger partial charge in [0.15, 0.2) is 0 Å². The van der Waals surface area contributed by atoms with E-state index in [1.54, 1.807) is 7.11 Å². The number of nitrogens with zero attached hydrogens (tertiary/aromatic N) is 1. The summed E-state index contributed by atoms with van der Waals surface area (Å²) in [6.45, 7) is 10.8. The monoisotopic (exact) mass is 523 g/mol. The molecule has 4 aromatic carbocycles. The maximum atomic E-state index is 13.1. The van der Waals surface area contributed by atoms with Gasteiger partial charge in [0.2, 0.25) is 0 Å². The fourth-order valence-electron chi connectivity index (χ4n) is 5.10. The molecule has 1 aliphatic heterocycles. The predicted molar refractivity (Wildman–Crippen MR) is 160 cm³/mol. The van der Waals surface area contributed by atoms with E-state index in [2.05, 4.69) is 78.8 Å². The zero-order valence-electron chi connectivity index (χ0n) is 23.2. The van der Waals surface area contributed by atoms with Crippen molar-refractivity contribution in [2.24, 2.45) is 0 Å². The first-order valence-corrected chi connectivity index (χ1v) is 13.5. The van der Waals surface area contributed by atoms with Gasteiger partial charge in [-0.2, -0.15) is 0 Å².